The van der Waals surface area contributed by atoms with Crippen LogP contribution < -0.4 is 10.5 Å². The van der Waals surface area contributed by atoms with Gasteiger partial charge in [0.1, 0.15) is 24.0 Å². The molecule has 0 atom stereocenters. The third kappa shape index (κ3) is 3.62. The summed E-state index contributed by atoms with van der Waals surface area (Å²) < 4.78 is 69.2. The number of nitrogen functional groups attached to an aromatic ring is 1. The van der Waals surface area contributed by atoms with Crippen LogP contribution >= 0.6 is 0 Å². The van der Waals surface area contributed by atoms with E-state index in [0.717, 1.165) is 12.1 Å². The van der Waals surface area contributed by atoms with Crippen molar-refractivity contribution in [3.05, 3.63) is 59.2 Å². The first-order valence-corrected chi connectivity index (χ1v) is 5.81. The third-order valence-corrected chi connectivity index (χ3v) is 2.71. The van der Waals surface area contributed by atoms with Gasteiger partial charge in [0.2, 0.25) is 0 Å². The molecular weight excluding hydrogens is 293 g/mol. The molecule has 112 valence electrons. The Kier molecular flexibility index (Phi) is 4.02. The van der Waals surface area contributed by atoms with E-state index in [2.05, 4.69) is 0 Å². The lowest BCUT2D eigenvalue weighted by atomic mass is 10.2. The van der Waals surface area contributed by atoms with Gasteiger partial charge in [-0.2, -0.15) is 13.2 Å². The average molecular weight is 303 g/mol. The van der Waals surface area contributed by atoms with Crippen LogP contribution in [0.3, 0.4) is 0 Å². The second kappa shape index (κ2) is 5.59. The molecule has 0 aromatic heterocycles. The summed E-state index contributed by atoms with van der Waals surface area (Å²) in [5, 5.41) is 0. The molecular formula is C14H10F5NO. The van der Waals surface area contributed by atoms with Gasteiger partial charge >= 0.3 is 6.18 Å². The lowest BCUT2D eigenvalue weighted by Crippen LogP contribution is -2.08. The van der Waals surface area contributed by atoms with Crippen LogP contribution in [0.15, 0.2) is 36.4 Å². The number of nitrogens with two attached hydrogens (primary N) is 1. The van der Waals surface area contributed by atoms with Gasteiger partial charge in [0, 0.05) is 11.3 Å². The van der Waals surface area contributed by atoms with Crippen molar-refractivity contribution in [3.8, 4) is 5.75 Å². The smallest absolute Gasteiger partial charge is 0.419 e. The van der Waals surface area contributed by atoms with Crippen LogP contribution in [0.2, 0.25) is 0 Å². The molecule has 0 aliphatic carbocycles. The van der Waals surface area contributed by atoms with Crippen molar-refractivity contribution in [2.75, 3.05) is 5.73 Å². The lowest BCUT2D eigenvalue weighted by Gasteiger charge is -2.11. The fourth-order valence-corrected chi connectivity index (χ4v) is 1.65. The highest BCUT2D eigenvalue weighted by Gasteiger charge is 2.34. The molecule has 2 nitrogen and oxygen atoms in total. The third-order valence-electron chi connectivity index (χ3n) is 2.71. The second-order valence-electron chi connectivity index (χ2n) is 4.28. The zero-order valence-electron chi connectivity index (χ0n) is 10.5. The summed E-state index contributed by atoms with van der Waals surface area (Å²) in [6.07, 6.45) is -4.82. The van der Waals surface area contributed by atoms with Crippen molar-refractivity contribution in [2.45, 2.75) is 12.8 Å². The molecule has 0 fully saturated rings. The maximum atomic E-state index is 13.5. The summed E-state index contributed by atoms with van der Waals surface area (Å²) in [5.41, 5.74) is 4.29. The molecule has 0 unspecified atom stereocenters. The van der Waals surface area contributed by atoms with Gasteiger partial charge in [0.25, 0.3) is 0 Å². The Hall–Kier alpha value is -2.31. The summed E-state index contributed by atoms with van der Waals surface area (Å²) in [4.78, 5) is 0. The van der Waals surface area contributed by atoms with E-state index in [-0.39, 0.29) is 23.6 Å². The minimum absolute atomic E-state index is 0.127. The summed E-state index contributed by atoms with van der Waals surface area (Å²) in [5.74, 6) is -2.23. The predicted octanol–water partition coefficient (Wildman–Crippen LogP) is 4.14. The van der Waals surface area contributed by atoms with Crippen molar-refractivity contribution < 1.29 is 26.7 Å². The van der Waals surface area contributed by atoms with Crippen LogP contribution in [0.4, 0.5) is 27.6 Å². The topological polar surface area (TPSA) is 35.2 Å². The Bertz CT molecular complexity index is 654. The van der Waals surface area contributed by atoms with Crippen LogP contribution in [0.25, 0.3) is 0 Å². The van der Waals surface area contributed by atoms with Crippen LogP contribution in [-0.2, 0) is 12.8 Å². The Balaban J connectivity index is 2.17. The van der Waals surface area contributed by atoms with Crippen LogP contribution in [0.5, 0.6) is 5.75 Å². The molecule has 2 rings (SSSR count). The number of anilines is 1. The first-order chi connectivity index (χ1) is 9.77. The monoisotopic (exact) mass is 303 g/mol. The number of hydrogen-bond acceptors (Lipinski definition) is 2. The van der Waals surface area contributed by atoms with Crippen molar-refractivity contribution in [1.82, 2.24) is 0 Å². The molecule has 0 amide bonds. The molecule has 0 aliphatic heterocycles. The molecule has 0 bridgehead atoms. The van der Waals surface area contributed by atoms with Crippen molar-refractivity contribution in [2.24, 2.45) is 0 Å². The number of halogens is 5. The normalized spacial score (nSPS) is 11.5. The SMILES string of the molecule is Nc1ccc(COc2ccc(F)c(C(F)(F)F)c2)c(F)c1. The highest BCUT2D eigenvalue weighted by Crippen LogP contribution is 2.33. The van der Waals surface area contributed by atoms with Gasteiger partial charge in [0.05, 0.1) is 5.56 Å². The maximum Gasteiger partial charge on any atom is 0.419 e. The Morgan fingerprint density at radius 1 is 0.952 bits per heavy atom. The molecule has 0 saturated heterocycles. The minimum Gasteiger partial charge on any atom is -0.489 e. The molecule has 0 spiro atoms. The Labute approximate surface area is 116 Å². The summed E-state index contributed by atoms with van der Waals surface area (Å²) in [6.45, 7) is -0.297. The molecule has 0 radical (unpaired) electrons. The summed E-state index contributed by atoms with van der Waals surface area (Å²) >= 11 is 0. The van der Waals surface area contributed by atoms with Gasteiger partial charge in [-0.3, -0.25) is 0 Å². The van der Waals surface area contributed by atoms with Gasteiger partial charge in [-0.05, 0) is 30.3 Å². The molecule has 7 heteroatoms. The molecule has 0 aliphatic rings. The molecule has 2 N–H and O–H groups in total. The molecule has 21 heavy (non-hydrogen) atoms. The van der Waals surface area contributed by atoms with E-state index in [1.807, 2.05) is 0 Å². The van der Waals surface area contributed by atoms with E-state index in [1.54, 1.807) is 0 Å². The zero-order valence-corrected chi connectivity index (χ0v) is 10.5. The minimum atomic E-state index is -4.82. The van der Waals surface area contributed by atoms with Crippen LogP contribution in [-0.4, -0.2) is 0 Å². The largest absolute Gasteiger partial charge is 0.489 e. The Morgan fingerprint density at radius 2 is 1.67 bits per heavy atom. The predicted molar refractivity (Wildman–Crippen MR) is 66.5 cm³/mol. The molecule has 2 aromatic carbocycles. The first-order valence-electron chi connectivity index (χ1n) is 5.81. The van der Waals surface area contributed by atoms with Gasteiger partial charge in [-0.25, -0.2) is 8.78 Å². The van der Waals surface area contributed by atoms with E-state index in [1.165, 1.54) is 12.1 Å². The highest BCUT2D eigenvalue weighted by molar-refractivity contribution is 5.40. The van der Waals surface area contributed by atoms with Crippen molar-refractivity contribution >= 4 is 5.69 Å². The number of ether oxygens (including phenoxy) is 1. The van der Waals surface area contributed by atoms with Crippen LogP contribution in [0.1, 0.15) is 11.1 Å². The molecule has 2 aromatic rings. The van der Waals surface area contributed by atoms with Gasteiger partial charge in [-0.1, -0.05) is 6.07 Å². The van der Waals surface area contributed by atoms with Gasteiger partial charge in [0.15, 0.2) is 0 Å². The van der Waals surface area contributed by atoms with Gasteiger partial charge in [-0.15, -0.1) is 0 Å². The molecule has 0 saturated carbocycles. The fraction of sp³-hybridized carbons (Fsp3) is 0.143. The number of rotatable bonds is 3. The Morgan fingerprint density at radius 3 is 2.29 bits per heavy atom. The quantitative estimate of drug-likeness (QED) is 0.683. The maximum absolute atomic E-state index is 13.5. The van der Waals surface area contributed by atoms with E-state index < -0.39 is 23.4 Å². The highest BCUT2D eigenvalue weighted by atomic mass is 19.4. The van der Waals surface area contributed by atoms with E-state index in [4.69, 9.17) is 10.5 Å². The second-order valence-corrected chi connectivity index (χ2v) is 4.28. The number of hydrogen-bond donors (Lipinski definition) is 1. The molecule has 0 heterocycles. The summed E-state index contributed by atoms with van der Waals surface area (Å²) in [7, 11) is 0. The fourth-order valence-electron chi connectivity index (χ4n) is 1.65. The van der Waals surface area contributed by atoms with E-state index >= 15 is 0 Å². The zero-order chi connectivity index (χ0) is 15.6. The number of alkyl halides is 3. The van der Waals surface area contributed by atoms with E-state index in [9.17, 15) is 22.0 Å². The standard InChI is InChI=1S/C14H10F5NO/c15-12-4-3-10(6-11(12)14(17,18)19)21-7-8-1-2-9(20)5-13(8)16/h1-6H,7,20H2. The first kappa shape index (κ1) is 15.1. The summed E-state index contributed by atoms with van der Waals surface area (Å²) in [6, 6.07) is 6.10. The number of benzene rings is 2. The van der Waals surface area contributed by atoms with Crippen molar-refractivity contribution in [1.29, 1.82) is 0 Å². The van der Waals surface area contributed by atoms with Gasteiger partial charge < -0.3 is 10.5 Å². The average Bonchev–Trinajstić information content (AvgIpc) is 2.38. The van der Waals surface area contributed by atoms with Crippen LogP contribution in [0, 0.1) is 11.6 Å². The van der Waals surface area contributed by atoms with Crippen molar-refractivity contribution in [3.63, 3.8) is 0 Å². The lowest BCUT2D eigenvalue weighted by molar-refractivity contribution is -0.140. The van der Waals surface area contributed by atoms with E-state index in [0.29, 0.717) is 12.1 Å².